The highest BCUT2D eigenvalue weighted by Crippen LogP contribution is 2.51. The van der Waals surface area contributed by atoms with E-state index in [9.17, 15) is 4.39 Å². The molecule has 0 radical (unpaired) electrons. The van der Waals surface area contributed by atoms with Crippen molar-refractivity contribution in [3.8, 4) is 0 Å². The number of fused-ring (bicyclic) bond motifs is 2. The van der Waals surface area contributed by atoms with Gasteiger partial charge in [0.15, 0.2) is 0 Å². The zero-order chi connectivity index (χ0) is 17.5. The lowest BCUT2D eigenvalue weighted by molar-refractivity contribution is 0.191. The van der Waals surface area contributed by atoms with Gasteiger partial charge in [0.05, 0.1) is 0 Å². The average Bonchev–Trinajstić information content (AvgIpc) is 2.98. The molecule has 1 heterocycles. The average molecular weight is 345 g/mol. The van der Waals surface area contributed by atoms with Gasteiger partial charge in [-0.3, -0.25) is 0 Å². The highest BCUT2D eigenvalue weighted by Gasteiger charge is 2.47. The van der Waals surface area contributed by atoms with Crippen molar-refractivity contribution in [2.45, 2.75) is 18.8 Å². The van der Waals surface area contributed by atoms with Crippen molar-refractivity contribution in [1.82, 2.24) is 4.90 Å². The van der Waals surface area contributed by atoms with E-state index in [-0.39, 0.29) is 5.82 Å². The molecule has 1 nitrogen and oxygen atoms in total. The quantitative estimate of drug-likeness (QED) is 0.624. The van der Waals surface area contributed by atoms with E-state index in [1.54, 1.807) is 12.1 Å². The van der Waals surface area contributed by atoms with E-state index in [1.807, 2.05) is 12.1 Å². The molecule has 3 aromatic rings. The molecule has 0 spiro atoms. The third-order valence-electron chi connectivity index (χ3n) is 6.47. The fourth-order valence-corrected chi connectivity index (χ4v) is 4.96. The summed E-state index contributed by atoms with van der Waals surface area (Å²) in [7, 11) is 0. The monoisotopic (exact) mass is 345 g/mol. The Hall–Kier alpha value is -2.19. The van der Waals surface area contributed by atoms with E-state index in [0.717, 1.165) is 24.8 Å². The molecule has 0 amide bonds. The van der Waals surface area contributed by atoms with Gasteiger partial charge in [-0.1, -0.05) is 54.6 Å². The first-order chi connectivity index (χ1) is 12.8. The summed E-state index contributed by atoms with van der Waals surface area (Å²) in [4.78, 5) is 2.63. The second-order valence-corrected chi connectivity index (χ2v) is 8.01. The number of hydrogen-bond donors (Lipinski definition) is 0. The highest BCUT2D eigenvalue weighted by atomic mass is 19.1. The summed E-state index contributed by atoms with van der Waals surface area (Å²) in [6.07, 6.45) is 2.38. The fraction of sp³-hybridized carbons (Fsp3) is 0.333. The molecular formula is C24H24FN. The molecule has 1 aliphatic carbocycles. The van der Waals surface area contributed by atoms with Gasteiger partial charge in [-0.15, -0.1) is 0 Å². The molecule has 3 atom stereocenters. The summed E-state index contributed by atoms with van der Waals surface area (Å²) in [5.41, 5.74) is 2.75. The zero-order valence-corrected chi connectivity index (χ0v) is 14.9. The van der Waals surface area contributed by atoms with Crippen molar-refractivity contribution in [2.75, 3.05) is 19.6 Å². The molecule has 26 heavy (non-hydrogen) atoms. The minimum Gasteiger partial charge on any atom is -0.302 e. The van der Waals surface area contributed by atoms with Crippen LogP contribution in [0.1, 0.15) is 23.5 Å². The van der Waals surface area contributed by atoms with E-state index < -0.39 is 0 Å². The van der Waals surface area contributed by atoms with Crippen LogP contribution < -0.4 is 0 Å². The van der Waals surface area contributed by atoms with Crippen LogP contribution in [-0.4, -0.2) is 24.5 Å². The third kappa shape index (κ3) is 2.93. The second-order valence-electron chi connectivity index (χ2n) is 8.01. The summed E-state index contributed by atoms with van der Waals surface area (Å²) in [6, 6.07) is 22.6. The standard InChI is InChI=1S/C24H24FN/c25-22-9-7-19(8-10-22)23-14-21-15-26(16-24(21)23)12-11-17-5-6-18-3-1-2-4-20(18)13-17/h1-10,13,21,23-24H,11-12,14-16H2. The van der Waals surface area contributed by atoms with Crippen LogP contribution >= 0.6 is 0 Å². The van der Waals surface area contributed by atoms with Crippen LogP contribution in [0.3, 0.4) is 0 Å². The van der Waals surface area contributed by atoms with Crippen LogP contribution in [0, 0.1) is 17.7 Å². The van der Waals surface area contributed by atoms with Crippen molar-refractivity contribution < 1.29 is 4.39 Å². The molecule has 2 fully saturated rings. The maximum absolute atomic E-state index is 13.2. The van der Waals surface area contributed by atoms with Crippen LogP contribution in [0.2, 0.25) is 0 Å². The molecule has 1 saturated heterocycles. The normalized spacial score (nSPS) is 25.2. The summed E-state index contributed by atoms with van der Waals surface area (Å²) in [5, 5.41) is 2.65. The molecule has 1 saturated carbocycles. The maximum atomic E-state index is 13.2. The zero-order valence-electron chi connectivity index (χ0n) is 14.9. The predicted molar refractivity (Wildman–Crippen MR) is 105 cm³/mol. The summed E-state index contributed by atoms with van der Waals surface area (Å²) >= 11 is 0. The number of likely N-dealkylation sites (tertiary alicyclic amines) is 1. The molecule has 2 aliphatic rings. The number of rotatable bonds is 4. The first-order valence-corrected chi connectivity index (χ1v) is 9.72. The number of nitrogens with zero attached hydrogens (tertiary/aromatic N) is 1. The molecule has 0 aromatic heterocycles. The predicted octanol–water partition coefficient (Wildman–Crippen LogP) is 5.26. The van der Waals surface area contributed by atoms with Crippen molar-refractivity contribution in [3.63, 3.8) is 0 Å². The van der Waals surface area contributed by atoms with Gasteiger partial charge in [-0.25, -0.2) is 4.39 Å². The minimum atomic E-state index is -0.131. The lowest BCUT2D eigenvalue weighted by Gasteiger charge is -2.40. The molecule has 3 aromatic carbocycles. The van der Waals surface area contributed by atoms with Crippen LogP contribution in [0.4, 0.5) is 4.39 Å². The lowest BCUT2D eigenvalue weighted by atomic mass is 9.64. The largest absolute Gasteiger partial charge is 0.302 e. The Balaban J connectivity index is 1.21. The summed E-state index contributed by atoms with van der Waals surface area (Å²) < 4.78 is 13.2. The Bertz CT molecular complexity index is 917. The minimum absolute atomic E-state index is 0.131. The Morgan fingerprint density at radius 1 is 0.885 bits per heavy atom. The van der Waals surface area contributed by atoms with Crippen molar-refractivity contribution in [3.05, 3.63) is 83.7 Å². The van der Waals surface area contributed by atoms with Crippen molar-refractivity contribution in [2.24, 2.45) is 11.8 Å². The Kier molecular flexibility index (Phi) is 4.01. The molecule has 0 N–H and O–H groups in total. The van der Waals surface area contributed by atoms with Gasteiger partial charge < -0.3 is 4.90 Å². The molecule has 3 unspecified atom stereocenters. The third-order valence-corrected chi connectivity index (χ3v) is 6.47. The van der Waals surface area contributed by atoms with E-state index in [1.165, 1.54) is 41.4 Å². The van der Waals surface area contributed by atoms with Crippen LogP contribution in [0.15, 0.2) is 66.7 Å². The molecule has 5 rings (SSSR count). The van der Waals surface area contributed by atoms with E-state index in [0.29, 0.717) is 5.92 Å². The first-order valence-electron chi connectivity index (χ1n) is 9.72. The SMILES string of the molecule is Fc1ccc(C2CC3CN(CCc4ccc5ccccc5c4)CC32)cc1. The smallest absolute Gasteiger partial charge is 0.123 e. The van der Waals surface area contributed by atoms with Crippen molar-refractivity contribution >= 4 is 10.8 Å². The fourth-order valence-electron chi connectivity index (χ4n) is 4.96. The van der Waals surface area contributed by atoms with E-state index >= 15 is 0 Å². The molecule has 132 valence electrons. The van der Waals surface area contributed by atoms with Gasteiger partial charge in [0.2, 0.25) is 0 Å². The van der Waals surface area contributed by atoms with Crippen LogP contribution in [-0.2, 0) is 6.42 Å². The molecular weight excluding hydrogens is 321 g/mol. The Morgan fingerprint density at radius 2 is 1.69 bits per heavy atom. The first kappa shape index (κ1) is 16.0. The van der Waals surface area contributed by atoms with Gasteiger partial charge in [0.25, 0.3) is 0 Å². The van der Waals surface area contributed by atoms with E-state index in [4.69, 9.17) is 0 Å². The van der Waals surface area contributed by atoms with Gasteiger partial charge in [-0.2, -0.15) is 0 Å². The second kappa shape index (κ2) is 6.51. The Morgan fingerprint density at radius 3 is 2.54 bits per heavy atom. The van der Waals surface area contributed by atoms with Gasteiger partial charge >= 0.3 is 0 Å². The molecule has 1 aliphatic heterocycles. The van der Waals surface area contributed by atoms with E-state index in [2.05, 4.69) is 47.4 Å². The number of halogens is 1. The maximum Gasteiger partial charge on any atom is 0.123 e. The Labute approximate surface area is 154 Å². The van der Waals surface area contributed by atoms with Gasteiger partial charge in [0.1, 0.15) is 5.82 Å². The topological polar surface area (TPSA) is 3.24 Å². The lowest BCUT2D eigenvalue weighted by Crippen LogP contribution is -2.33. The highest BCUT2D eigenvalue weighted by molar-refractivity contribution is 5.82. The number of hydrogen-bond acceptors (Lipinski definition) is 1. The summed E-state index contributed by atoms with van der Waals surface area (Å²) in [5.74, 6) is 2.10. The molecule has 2 heteroatoms. The molecule has 0 bridgehead atoms. The van der Waals surface area contributed by atoms with Crippen LogP contribution in [0.25, 0.3) is 10.8 Å². The number of benzene rings is 3. The summed E-state index contributed by atoms with van der Waals surface area (Å²) in [6.45, 7) is 3.57. The van der Waals surface area contributed by atoms with Crippen molar-refractivity contribution in [1.29, 1.82) is 0 Å². The van der Waals surface area contributed by atoms with Crippen LogP contribution in [0.5, 0.6) is 0 Å². The van der Waals surface area contributed by atoms with Gasteiger partial charge in [-0.05, 0) is 64.6 Å². The van der Waals surface area contributed by atoms with Gasteiger partial charge in [0, 0.05) is 19.6 Å².